The number of nitrogens with one attached hydrogen (secondary N) is 1. The normalized spacial score (nSPS) is 12.3. The molecule has 168 valence electrons. The predicted molar refractivity (Wildman–Crippen MR) is 123 cm³/mol. The highest BCUT2D eigenvalue weighted by atomic mass is 16.5. The van der Waals surface area contributed by atoms with Crippen molar-refractivity contribution in [3.8, 4) is 5.88 Å². The van der Waals surface area contributed by atoms with E-state index in [9.17, 15) is 14.7 Å². The number of hydrogen-bond donors (Lipinski definition) is 2. The van der Waals surface area contributed by atoms with Gasteiger partial charge in [0, 0.05) is 12.7 Å². The second-order valence-electron chi connectivity index (χ2n) is 8.78. The van der Waals surface area contributed by atoms with E-state index in [1.807, 2.05) is 55.5 Å². The maximum Gasteiger partial charge on any atom is 0.293 e. The van der Waals surface area contributed by atoms with Crippen molar-refractivity contribution >= 4 is 17.5 Å². The standard InChI is InChI=1S/C25H29N3O4/c1-6-16-7-9-17(10-8-16)22(28(5)24(31)20-15-21(29)27-32-20)23(30)26-19-13-11-18(12-14-19)25(2,3)4/h7-15,22H,6H2,1-5H3,(H,26,30)(H,27,29). The van der Waals surface area contributed by atoms with Crippen molar-refractivity contribution in [2.75, 3.05) is 12.4 Å². The lowest BCUT2D eigenvalue weighted by molar-refractivity contribution is -0.120. The minimum absolute atomic E-state index is 0.00136. The van der Waals surface area contributed by atoms with E-state index >= 15 is 0 Å². The first-order valence-electron chi connectivity index (χ1n) is 10.5. The number of rotatable bonds is 6. The number of carbonyl (C=O) groups excluding carboxylic acids is 2. The van der Waals surface area contributed by atoms with Gasteiger partial charge in [0.2, 0.25) is 5.76 Å². The average molecular weight is 436 g/mol. The maximum atomic E-state index is 13.3. The fourth-order valence-corrected chi connectivity index (χ4v) is 3.41. The Morgan fingerprint density at radius 2 is 1.72 bits per heavy atom. The van der Waals surface area contributed by atoms with Gasteiger partial charge in [-0.2, -0.15) is 0 Å². The molecule has 0 aliphatic heterocycles. The third-order valence-electron chi connectivity index (χ3n) is 5.39. The van der Waals surface area contributed by atoms with Gasteiger partial charge < -0.3 is 19.8 Å². The van der Waals surface area contributed by atoms with Gasteiger partial charge in [0.1, 0.15) is 6.04 Å². The Labute approximate surface area is 188 Å². The van der Waals surface area contributed by atoms with Crippen LogP contribution in [0, 0.1) is 0 Å². The molecular weight excluding hydrogens is 406 g/mol. The van der Waals surface area contributed by atoms with Crippen LogP contribution in [-0.4, -0.2) is 34.0 Å². The van der Waals surface area contributed by atoms with Crippen LogP contribution in [0.15, 0.2) is 59.1 Å². The van der Waals surface area contributed by atoms with Crippen molar-refractivity contribution in [1.29, 1.82) is 0 Å². The average Bonchev–Trinajstić information content (AvgIpc) is 3.19. The topological polar surface area (TPSA) is 95.7 Å². The Morgan fingerprint density at radius 1 is 1.09 bits per heavy atom. The van der Waals surface area contributed by atoms with E-state index in [-0.39, 0.29) is 17.1 Å². The van der Waals surface area contributed by atoms with Gasteiger partial charge in [-0.25, -0.2) is 0 Å². The molecule has 0 bridgehead atoms. The molecule has 2 aromatic carbocycles. The first-order chi connectivity index (χ1) is 15.1. The molecule has 0 aliphatic rings. The molecular formula is C25H29N3O4. The summed E-state index contributed by atoms with van der Waals surface area (Å²) in [6.07, 6.45) is 0.864. The molecule has 32 heavy (non-hydrogen) atoms. The summed E-state index contributed by atoms with van der Waals surface area (Å²) in [4.78, 5) is 27.5. The lowest BCUT2D eigenvalue weighted by Crippen LogP contribution is -2.38. The van der Waals surface area contributed by atoms with Crippen LogP contribution in [0.4, 0.5) is 5.69 Å². The molecule has 1 atom stereocenters. The van der Waals surface area contributed by atoms with Crippen LogP contribution in [0.25, 0.3) is 0 Å². The van der Waals surface area contributed by atoms with Gasteiger partial charge in [0.15, 0.2) is 0 Å². The minimum Gasteiger partial charge on any atom is -0.491 e. The molecule has 7 nitrogen and oxygen atoms in total. The molecule has 0 fully saturated rings. The number of benzene rings is 2. The number of amides is 2. The summed E-state index contributed by atoms with van der Waals surface area (Å²) in [6.45, 7) is 8.42. The summed E-state index contributed by atoms with van der Waals surface area (Å²) in [7, 11) is 1.52. The molecule has 0 saturated heterocycles. The first kappa shape index (κ1) is 23.1. The summed E-state index contributed by atoms with van der Waals surface area (Å²) in [5.74, 6) is -1.48. The van der Waals surface area contributed by atoms with E-state index in [0.717, 1.165) is 23.6 Å². The van der Waals surface area contributed by atoms with Crippen molar-refractivity contribution < 1.29 is 19.2 Å². The first-order valence-corrected chi connectivity index (χ1v) is 10.5. The number of likely N-dealkylation sites (N-methyl/N-ethyl adjacent to an activating group) is 1. The number of anilines is 1. The number of aryl methyl sites for hydroxylation is 1. The van der Waals surface area contributed by atoms with Crippen molar-refractivity contribution in [3.63, 3.8) is 0 Å². The smallest absolute Gasteiger partial charge is 0.293 e. The van der Waals surface area contributed by atoms with Gasteiger partial charge in [-0.05, 0) is 45.8 Å². The molecule has 2 N–H and O–H groups in total. The number of carbonyl (C=O) groups is 2. The molecule has 1 heterocycles. The lowest BCUT2D eigenvalue weighted by Gasteiger charge is -2.27. The summed E-state index contributed by atoms with van der Waals surface area (Å²) < 4.78 is 4.89. The summed E-state index contributed by atoms with van der Waals surface area (Å²) in [6, 6.07) is 15.4. The Morgan fingerprint density at radius 3 is 2.22 bits per heavy atom. The van der Waals surface area contributed by atoms with Gasteiger partial charge in [-0.1, -0.05) is 64.1 Å². The highest BCUT2D eigenvalue weighted by Crippen LogP contribution is 2.27. The van der Waals surface area contributed by atoms with Crippen molar-refractivity contribution in [3.05, 3.63) is 77.0 Å². The summed E-state index contributed by atoms with van der Waals surface area (Å²) >= 11 is 0. The highest BCUT2D eigenvalue weighted by molar-refractivity contribution is 6.00. The number of aromatic hydroxyl groups is 1. The second-order valence-corrected chi connectivity index (χ2v) is 8.78. The number of aromatic nitrogens is 1. The minimum atomic E-state index is -0.914. The molecule has 1 aromatic heterocycles. The van der Waals surface area contributed by atoms with Crippen molar-refractivity contribution in [1.82, 2.24) is 10.1 Å². The lowest BCUT2D eigenvalue weighted by atomic mass is 9.87. The van der Waals surface area contributed by atoms with Crippen LogP contribution in [0.5, 0.6) is 5.88 Å². The van der Waals surface area contributed by atoms with Crippen LogP contribution in [0.3, 0.4) is 0 Å². The third-order valence-corrected chi connectivity index (χ3v) is 5.39. The maximum absolute atomic E-state index is 13.3. The molecule has 0 radical (unpaired) electrons. The van der Waals surface area contributed by atoms with E-state index in [0.29, 0.717) is 11.3 Å². The largest absolute Gasteiger partial charge is 0.491 e. The van der Waals surface area contributed by atoms with Crippen LogP contribution in [0.2, 0.25) is 0 Å². The van der Waals surface area contributed by atoms with E-state index in [4.69, 9.17) is 4.52 Å². The molecule has 3 rings (SSSR count). The van der Waals surface area contributed by atoms with E-state index < -0.39 is 17.8 Å². The Balaban J connectivity index is 1.90. The van der Waals surface area contributed by atoms with Crippen LogP contribution in [-0.2, 0) is 16.6 Å². The van der Waals surface area contributed by atoms with Gasteiger partial charge in [-0.15, -0.1) is 0 Å². The SMILES string of the molecule is CCc1ccc(C(C(=O)Nc2ccc(C(C)(C)C)cc2)N(C)C(=O)c2cc(O)no2)cc1. The van der Waals surface area contributed by atoms with Crippen LogP contribution < -0.4 is 5.32 Å². The molecule has 7 heteroatoms. The highest BCUT2D eigenvalue weighted by Gasteiger charge is 2.31. The molecule has 2 amide bonds. The zero-order valence-corrected chi connectivity index (χ0v) is 19.0. The Kier molecular flexibility index (Phi) is 6.67. The monoisotopic (exact) mass is 435 g/mol. The van der Waals surface area contributed by atoms with Crippen molar-refractivity contribution in [2.45, 2.75) is 45.6 Å². The van der Waals surface area contributed by atoms with Gasteiger partial charge in [0.25, 0.3) is 17.7 Å². The van der Waals surface area contributed by atoms with Gasteiger partial charge in [0.05, 0.1) is 6.07 Å². The predicted octanol–water partition coefficient (Wildman–Crippen LogP) is 4.69. The molecule has 0 saturated carbocycles. The fourth-order valence-electron chi connectivity index (χ4n) is 3.41. The van der Waals surface area contributed by atoms with E-state index in [1.165, 1.54) is 11.9 Å². The van der Waals surface area contributed by atoms with Crippen LogP contribution in [0.1, 0.15) is 61.0 Å². The second kappa shape index (κ2) is 9.26. The van der Waals surface area contributed by atoms with Crippen LogP contribution >= 0.6 is 0 Å². The molecule has 3 aromatic rings. The van der Waals surface area contributed by atoms with Crippen molar-refractivity contribution in [2.24, 2.45) is 0 Å². The Bertz CT molecular complexity index is 1080. The van der Waals surface area contributed by atoms with E-state index in [1.54, 1.807) is 0 Å². The zero-order valence-electron chi connectivity index (χ0n) is 19.0. The van der Waals surface area contributed by atoms with Gasteiger partial charge >= 0.3 is 0 Å². The third kappa shape index (κ3) is 5.17. The van der Waals surface area contributed by atoms with Gasteiger partial charge in [-0.3, -0.25) is 9.59 Å². The quantitative estimate of drug-likeness (QED) is 0.585. The molecule has 1 unspecified atom stereocenters. The number of hydrogen-bond acceptors (Lipinski definition) is 5. The Hall–Kier alpha value is -3.61. The number of nitrogens with zero attached hydrogens (tertiary/aromatic N) is 2. The zero-order chi connectivity index (χ0) is 23.5. The molecule has 0 aliphatic carbocycles. The van der Waals surface area contributed by atoms with E-state index in [2.05, 4.69) is 31.2 Å². The fraction of sp³-hybridized carbons (Fsp3) is 0.320. The summed E-state index contributed by atoms with van der Waals surface area (Å²) in [5, 5.41) is 15.7. The molecule has 0 spiro atoms. The summed E-state index contributed by atoms with van der Waals surface area (Å²) in [5.41, 5.74) is 3.57.